The molecule has 0 rings (SSSR count). The van der Waals surface area contributed by atoms with Crippen LogP contribution in [0.25, 0.3) is 0 Å². The van der Waals surface area contributed by atoms with E-state index < -0.39 is 48.4 Å². The molecule has 0 aromatic heterocycles. The first-order chi connectivity index (χ1) is 38.8. The quantitative estimate of drug-likeness (QED) is 0.0421. The minimum absolute atomic E-state index is 0. The molecule has 0 aromatic carbocycles. The van der Waals surface area contributed by atoms with Crippen LogP contribution in [0, 0.1) is 56.5 Å². The summed E-state index contributed by atoms with van der Waals surface area (Å²) in [4.78, 5) is 5.27. The van der Waals surface area contributed by atoms with E-state index in [1.807, 2.05) is 0 Å². The maximum atomic E-state index is 2.63. The van der Waals surface area contributed by atoms with Crippen molar-refractivity contribution < 1.29 is 46.9 Å². The Hall–Kier alpha value is 2.82. The third-order valence-electron chi connectivity index (χ3n) is 21.3. The summed E-state index contributed by atoms with van der Waals surface area (Å²) in [6.45, 7) is 45.1. The van der Waals surface area contributed by atoms with Gasteiger partial charge in [-0.1, -0.05) is 513 Å². The fraction of sp³-hybridized carbons (Fsp3) is 0.973. The fourth-order valence-electron chi connectivity index (χ4n) is 17.1. The van der Waals surface area contributed by atoms with Crippen molar-refractivity contribution in [3.8, 4) is 0 Å². The van der Waals surface area contributed by atoms with Gasteiger partial charge in [-0.05, 0) is 0 Å². The van der Waals surface area contributed by atoms with E-state index in [-0.39, 0.29) is 46.9 Å². The molecule has 0 saturated heterocycles. The van der Waals surface area contributed by atoms with Gasteiger partial charge in [-0.2, -0.15) is 0 Å². The van der Waals surface area contributed by atoms with E-state index in [4.69, 9.17) is 0 Å². The van der Waals surface area contributed by atoms with Gasteiger partial charge in [-0.25, -0.2) is 0 Å². The largest absolute Gasteiger partial charge is 2.00 e. The molecule has 81 heavy (non-hydrogen) atoms. The van der Waals surface area contributed by atoms with Crippen LogP contribution in [0.2, 0.25) is 109 Å². The molecule has 0 heterocycles. The first-order valence-electron chi connectivity index (χ1n) is 38.6. The van der Waals surface area contributed by atoms with Crippen molar-refractivity contribution in [3.05, 3.63) is 9.58 Å². The van der Waals surface area contributed by atoms with Crippen LogP contribution in [0.3, 0.4) is 0 Å². The van der Waals surface area contributed by atoms with Gasteiger partial charge >= 0.3 is 46.9 Å². The second-order valence-electron chi connectivity index (χ2n) is 28.3. The van der Waals surface area contributed by atoms with E-state index in [2.05, 4.69) is 134 Å². The Bertz CT molecular complexity index is 912. The van der Waals surface area contributed by atoms with E-state index in [9.17, 15) is 0 Å². The van der Waals surface area contributed by atoms with Gasteiger partial charge in [-0.15, -0.1) is 0 Å². The third-order valence-corrected chi connectivity index (χ3v) is 70.4. The van der Waals surface area contributed by atoms with Gasteiger partial charge in [0.15, 0.2) is 0 Å². The maximum Gasteiger partial charge on any atom is 2.00 e. The summed E-state index contributed by atoms with van der Waals surface area (Å²) >= 11 is 0. The van der Waals surface area contributed by atoms with Crippen molar-refractivity contribution in [1.29, 1.82) is 0 Å². The van der Waals surface area contributed by atoms with E-state index in [0.29, 0.717) is 0 Å². The smallest absolute Gasteiger partial charge is 0.309 e. The van der Waals surface area contributed by atoms with Crippen LogP contribution in [0.1, 0.15) is 356 Å². The second kappa shape index (κ2) is 56.8. The van der Waals surface area contributed by atoms with Crippen molar-refractivity contribution >= 4 is 48.4 Å². The Kier molecular flexibility index (Phi) is 61.7. The van der Waals surface area contributed by atoms with Gasteiger partial charge in [0, 0.05) is 0 Å². The SMILES string of the molecule is CCCC[Si](CCCC)(CCCC)[C-]([Si](CCCC)(CCCC)CCCC)[Si](CCCC)(CCCC)CCCC.CCCC[Si](CCCC)(CCCC)[C-]([Si](CCCC)(CCCC)CCCC)[Si](CCCC)(CCCC)CCCC.[Yb+2]. The van der Waals surface area contributed by atoms with Crippen molar-refractivity contribution in [3.63, 3.8) is 0 Å². The third kappa shape index (κ3) is 32.6. The van der Waals surface area contributed by atoms with Crippen LogP contribution in [-0.4, -0.2) is 48.4 Å². The average Bonchev–Trinajstić information content (AvgIpc) is 3.48. The molecule has 0 aliphatic carbocycles. The minimum Gasteiger partial charge on any atom is -0.309 e. The van der Waals surface area contributed by atoms with Crippen molar-refractivity contribution in [2.45, 2.75) is 465 Å². The van der Waals surface area contributed by atoms with E-state index in [1.54, 1.807) is 109 Å². The van der Waals surface area contributed by atoms with Crippen molar-refractivity contribution in [1.82, 2.24) is 0 Å². The molecule has 0 saturated carbocycles. The molecular weight excluding hydrogens is 1230 g/mol. The normalized spacial score (nSPS) is 12.9. The molecule has 0 aliphatic rings. The summed E-state index contributed by atoms with van der Waals surface area (Å²) < 4.78 is 0. The Morgan fingerprint density at radius 3 is 0.247 bits per heavy atom. The molecule has 0 aromatic rings. The molecule has 0 bridgehead atoms. The minimum atomic E-state index is -1.52. The maximum absolute atomic E-state index is 2.63. The molecule has 0 aliphatic heterocycles. The summed E-state index contributed by atoms with van der Waals surface area (Å²) in [6.07, 6.45) is 53.1. The van der Waals surface area contributed by atoms with Crippen LogP contribution in [0.15, 0.2) is 0 Å². The summed E-state index contributed by atoms with van der Waals surface area (Å²) in [6, 6.07) is 30.2. The molecule has 496 valence electrons. The van der Waals surface area contributed by atoms with Gasteiger partial charge in [0.25, 0.3) is 0 Å². The standard InChI is InChI=1S/2C37H81Si3.Yb/c2*1-10-19-28-38(29-20-11-2,30-21-12-3)37(39(31-22-13-4,32-23-14-5)33-24-15-6)40(34-25-16-7,35-26-17-8)36-27-18-9;/h2*10-36H2,1-9H3;/q2*-1;+2. The number of rotatable bonds is 60. The molecule has 0 N–H and O–H groups in total. The summed E-state index contributed by atoms with van der Waals surface area (Å²) in [5, 5.41) is 0. The van der Waals surface area contributed by atoms with E-state index in [0.717, 1.165) is 0 Å². The Balaban J connectivity index is -0.00000148. The molecule has 0 spiro atoms. The predicted molar refractivity (Wildman–Crippen MR) is 396 cm³/mol. The second-order valence-corrected chi connectivity index (χ2v) is 58.7. The summed E-state index contributed by atoms with van der Waals surface area (Å²) in [5.41, 5.74) is 0. The van der Waals surface area contributed by atoms with Gasteiger partial charge in [0.2, 0.25) is 0 Å². The fourth-order valence-corrected chi connectivity index (χ4v) is 85.2. The van der Waals surface area contributed by atoms with Crippen LogP contribution >= 0.6 is 0 Å². The van der Waals surface area contributed by atoms with Crippen molar-refractivity contribution in [2.24, 2.45) is 0 Å². The molecular formula is C74H162Si6Yb. The van der Waals surface area contributed by atoms with Crippen LogP contribution in [0.5, 0.6) is 0 Å². The number of hydrogen-bond acceptors (Lipinski definition) is 0. The zero-order valence-electron chi connectivity index (χ0n) is 60.5. The average molecular weight is 1390 g/mol. The summed E-state index contributed by atoms with van der Waals surface area (Å²) in [5.74, 6) is 0. The monoisotopic (exact) mass is 1390 g/mol. The molecule has 0 nitrogen and oxygen atoms in total. The first-order valence-corrected chi connectivity index (χ1v) is 54.3. The Labute approximate surface area is 563 Å². The van der Waals surface area contributed by atoms with Gasteiger partial charge < -0.3 is 9.58 Å². The van der Waals surface area contributed by atoms with Crippen LogP contribution in [-0.2, 0) is 0 Å². The first kappa shape index (κ1) is 88.0. The van der Waals surface area contributed by atoms with E-state index >= 15 is 0 Å². The predicted octanol–water partition coefficient (Wildman–Crippen LogP) is 29.5. The topological polar surface area (TPSA) is 0 Å². The van der Waals surface area contributed by atoms with E-state index in [1.165, 1.54) is 231 Å². The number of unbranched alkanes of at least 4 members (excludes halogenated alkanes) is 18. The molecule has 0 atom stereocenters. The molecule has 0 amide bonds. The molecule has 7 heteroatoms. The van der Waals surface area contributed by atoms with Gasteiger partial charge in [0.1, 0.15) is 0 Å². The summed E-state index contributed by atoms with van der Waals surface area (Å²) in [7, 11) is -9.11. The Morgan fingerprint density at radius 1 is 0.136 bits per heavy atom. The van der Waals surface area contributed by atoms with Crippen LogP contribution < -0.4 is 0 Å². The number of hydrogen-bond donors (Lipinski definition) is 0. The van der Waals surface area contributed by atoms with Crippen molar-refractivity contribution in [2.75, 3.05) is 0 Å². The Morgan fingerprint density at radius 2 is 0.198 bits per heavy atom. The van der Waals surface area contributed by atoms with Gasteiger partial charge in [-0.3, -0.25) is 0 Å². The zero-order valence-corrected chi connectivity index (χ0v) is 68.2. The molecule has 0 unspecified atom stereocenters. The van der Waals surface area contributed by atoms with Gasteiger partial charge in [0.05, 0.1) is 0 Å². The zero-order chi connectivity index (χ0) is 60.3. The molecule has 0 radical (unpaired) electrons. The van der Waals surface area contributed by atoms with Crippen LogP contribution in [0.4, 0.5) is 0 Å². The molecule has 0 fully saturated rings.